The predicted octanol–water partition coefficient (Wildman–Crippen LogP) is 12.1. The highest BCUT2D eigenvalue weighted by molar-refractivity contribution is 7.00. The Morgan fingerprint density at radius 2 is 1.14 bits per heavy atom. The lowest BCUT2D eigenvalue weighted by Crippen LogP contribution is -2.61. The first-order valence-electron chi connectivity index (χ1n) is 19.9. The molecule has 8 aromatic carbocycles. The van der Waals surface area contributed by atoms with Gasteiger partial charge in [-0.2, -0.15) is 0 Å². The molecule has 0 bridgehead atoms. The van der Waals surface area contributed by atoms with E-state index < -0.39 is 0 Å². The summed E-state index contributed by atoms with van der Waals surface area (Å²) in [5.74, 6) is 2.00. The smallest absolute Gasteiger partial charge is 0.252 e. The maximum atomic E-state index is 6.85. The molecule has 0 radical (unpaired) electrons. The molecule has 0 aliphatic carbocycles. The fourth-order valence-corrected chi connectivity index (χ4v) is 9.39. The van der Waals surface area contributed by atoms with Crippen LogP contribution in [0.3, 0.4) is 0 Å². The van der Waals surface area contributed by atoms with Crippen LogP contribution in [-0.2, 0) is 0 Å². The number of para-hydroxylation sites is 4. The molecule has 0 amide bonds. The second-order valence-electron chi connectivity index (χ2n) is 15.5. The van der Waals surface area contributed by atoms with Crippen LogP contribution in [0.2, 0.25) is 0 Å². The number of rotatable bonds is 5. The lowest BCUT2D eigenvalue weighted by Gasteiger charge is -2.44. The van der Waals surface area contributed by atoms with Gasteiger partial charge in [-0.25, -0.2) is 0 Å². The normalized spacial score (nSPS) is 14.4. The molecule has 57 heavy (non-hydrogen) atoms. The SMILES string of the molecule is Cc1ccc(N2c3ccc(C)cc3B3c4ccc(N(c5ccccc5)c5cccc6c5Oc5ccccc5C6C)cc4N(c4ccccc4)c4cccc2c43)cc1. The number of anilines is 9. The van der Waals surface area contributed by atoms with Crippen LogP contribution >= 0.6 is 0 Å². The molecule has 1 unspecified atom stereocenters. The van der Waals surface area contributed by atoms with E-state index in [9.17, 15) is 0 Å². The van der Waals surface area contributed by atoms with Crippen molar-refractivity contribution in [1.29, 1.82) is 0 Å². The molecule has 1 atom stereocenters. The minimum atomic E-state index is 0.0344. The van der Waals surface area contributed by atoms with Gasteiger partial charge in [0.1, 0.15) is 5.75 Å². The molecule has 3 heterocycles. The lowest BCUT2D eigenvalue weighted by molar-refractivity contribution is 0.451. The fourth-order valence-electron chi connectivity index (χ4n) is 9.39. The summed E-state index contributed by atoms with van der Waals surface area (Å²) < 4.78 is 6.85. The van der Waals surface area contributed by atoms with Gasteiger partial charge in [0, 0.05) is 62.5 Å². The average Bonchev–Trinajstić information content (AvgIpc) is 3.25. The van der Waals surface area contributed by atoms with Crippen molar-refractivity contribution in [3.8, 4) is 11.5 Å². The zero-order valence-corrected chi connectivity index (χ0v) is 32.2. The zero-order chi connectivity index (χ0) is 38.2. The van der Waals surface area contributed by atoms with Crippen LogP contribution in [0.25, 0.3) is 0 Å². The van der Waals surface area contributed by atoms with Crippen LogP contribution in [0.4, 0.5) is 51.2 Å². The van der Waals surface area contributed by atoms with Crippen molar-refractivity contribution < 1.29 is 4.74 Å². The largest absolute Gasteiger partial charge is 0.455 e. The third-order valence-electron chi connectivity index (χ3n) is 12.0. The molecule has 8 aromatic rings. The molecule has 11 rings (SSSR count). The summed E-state index contributed by atoms with van der Waals surface area (Å²) in [4.78, 5) is 7.30. The van der Waals surface area contributed by atoms with E-state index in [0.29, 0.717) is 0 Å². The highest BCUT2D eigenvalue weighted by Gasteiger charge is 2.43. The molecule has 3 aliphatic rings. The van der Waals surface area contributed by atoms with E-state index in [2.05, 4.69) is 217 Å². The monoisotopic (exact) mass is 733 g/mol. The molecule has 0 fully saturated rings. The minimum Gasteiger partial charge on any atom is -0.455 e. The number of benzene rings is 8. The Morgan fingerprint density at radius 3 is 1.93 bits per heavy atom. The first-order chi connectivity index (χ1) is 28.0. The summed E-state index contributed by atoms with van der Waals surface area (Å²) in [6.07, 6.45) is 0. The van der Waals surface area contributed by atoms with Crippen LogP contribution in [0, 0.1) is 13.8 Å². The Labute approximate surface area is 334 Å². The summed E-state index contributed by atoms with van der Waals surface area (Å²) in [6, 6.07) is 66.3. The van der Waals surface area contributed by atoms with Crippen molar-refractivity contribution in [2.75, 3.05) is 14.7 Å². The van der Waals surface area contributed by atoms with E-state index in [-0.39, 0.29) is 12.6 Å². The molecule has 0 aromatic heterocycles. The van der Waals surface area contributed by atoms with Crippen LogP contribution in [-0.4, -0.2) is 6.71 Å². The summed E-state index contributed by atoms with van der Waals surface area (Å²) >= 11 is 0. The Morgan fingerprint density at radius 1 is 0.491 bits per heavy atom. The van der Waals surface area contributed by atoms with E-state index in [1.165, 1.54) is 55.7 Å². The van der Waals surface area contributed by atoms with Crippen molar-refractivity contribution in [3.05, 3.63) is 204 Å². The number of aryl methyl sites for hydroxylation is 2. The Bertz CT molecular complexity index is 2840. The van der Waals surface area contributed by atoms with E-state index in [0.717, 1.165) is 45.6 Å². The van der Waals surface area contributed by atoms with Crippen LogP contribution < -0.4 is 35.8 Å². The first kappa shape index (κ1) is 33.4. The van der Waals surface area contributed by atoms with E-state index in [4.69, 9.17) is 4.74 Å². The van der Waals surface area contributed by atoms with Gasteiger partial charge in [-0.05, 0) is 109 Å². The van der Waals surface area contributed by atoms with Crippen molar-refractivity contribution in [3.63, 3.8) is 0 Å². The van der Waals surface area contributed by atoms with Gasteiger partial charge < -0.3 is 19.4 Å². The summed E-state index contributed by atoms with van der Waals surface area (Å²) in [7, 11) is 0. The maximum Gasteiger partial charge on any atom is 0.252 e. The fraction of sp³-hybridized carbons (Fsp3) is 0.0769. The summed E-state index contributed by atoms with van der Waals surface area (Å²) in [5.41, 5.74) is 19.0. The standard InChI is InChI=1S/C52H40BN3O/c1-34-24-27-39(28-25-34)55-45-31-26-35(2)32-44(45)53-43-30-29-40(33-49(43)56(38-16-8-5-9-17-38)47-21-13-20-46(55)51(47)53)54(37-14-6-4-7-15-37)48-22-12-19-42-36(3)41-18-10-11-23-50(41)57-52(42)48/h4-33,36H,1-3H3. The molecule has 4 nitrogen and oxygen atoms in total. The van der Waals surface area contributed by atoms with E-state index in [1.54, 1.807) is 0 Å². The molecule has 0 spiro atoms. The van der Waals surface area contributed by atoms with Gasteiger partial charge in [-0.15, -0.1) is 0 Å². The van der Waals surface area contributed by atoms with Gasteiger partial charge in [0.05, 0.1) is 5.69 Å². The van der Waals surface area contributed by atoms with Gasteiger partial charge in [-0.3, -0.25) is 0 Å². The number of hydrogen-bond donors (Lipinski definition) is 0. The molecule has 0 saturated carbocycles. The van der Waals surface area contributed by atoms with E-state index >= 15 is 0 Å². The number of hydrogen-bond acceptors (Lipinski definition) is 4. The Hall–Kier alpha value is -6.98. The van der Waals surface area contributed by atoms with Crippen LogP contribution in [0.1, 0.15) is 35.1 Å². The van der Waals surface area contributed by atoms with Gasteiger partial charge in [0.2, 0.25) is 0 Å². The number of fused-ring (bicyclic) bond motifs is 6. The summed E-state index contributed by atoms with van der Waals surface area (Å²) in [6.45, 7) is 6.68. The van der Waals surface area contributed by atoms with Crippen LogP contribution in [0.5, 0.6) is 11.5 Å². The number of ether oxygens (including phenoxy) is 1. The van der Waals surface area contributed by atoms with Gasteiger partial charge in [0.15, 0.2) is 5.75 Å². The topological polar surface area (TPSA) is 19.0 Å². The molecular formula is C52H40BN3O. The summed E-state index contributed by atoms with van der Waals surface area (Å²) in [5, 5.41) is 0. The Kier molecular flexibility index (Phi) is 7.65. The molecule has 0 saturated heterocycles. The highest BCUT2D eigenvalue weighted by Crippen LogP contribution is 2.52. The number of nitrogens with zero attached hydrogens (tertiary/aromatic N) is 3. The second-order valence-corrected chi connectivity index (χ2v) is 15.5. The van der Waals surface area contributed by atoms with Crippen LogP contribution in [0.15, 0.2) is 182 Å². The van der Waals surface area contributed by atoms with E-state index in [1.807, 2.05) is 0 Å². The predicted molar refractivity (Wildman–Crippen MR) is 239 cm³/mol. The maximum absolute atomic E-state index is 6.85. The zero-order valence-electron chi connectivity index (χ0n) is 32.2. The molecular weight excluding hydrogens is 693 g/mol. The lowest BCUT2D eigenvalue weighted by atomic mass is 9.33. The van der Waals surface area contributed by atoms with Crippen molar-refractivity contribution in [2.24, 2.45) is 0 Å². The first-order valence-corrected chi connectivity index (χ1v) is 19.9. The highest BCUT2D eigenvalue weighted by atomic mass is 16.5. The van der Waals surface area contributed by atoms with Gasteiger partial charge in [-0.1, -0.05) is 121 Å². The third kappa shape index (κ3) is 5.23. The minimum absolute atomic E-state index is 0.0344. The molecule has 0 N–H and O–H groups in total. The Balaban J connectivity index is 1.15. The van der Waals surface area contributed by atoms with Crippen molar-refractivity contribution in [1.82, 2.24) is 0 Å². The molecule has 5 heteroatoms. The quantitative estimate of drug-likeness (QED) is 0.164. The average molecular weight is 734 g/mol. The third-order valence-corrected chi connectivity index (χ3v) is 12.0. The van der Waals surface area contributed by atoms with Crippen molar-refractivity contribution in [2.45, 2.75) is 26.7 Å². The molecule has 3 aliphatic heterocycles. The second kappa shape index (κ2) is 13.1. The molecule has 272 valence electrons. The van der Waals surface area contributed by atoms with Gasteiger partial charge >= 0.3 is 0 Å². The van der Waals surface area contributed by atoms with Gasteiger partial charge in [0.25, 0.3) is 6.71 Å². The van der Waals surface area contributed by atoms with Crippen molar-refractivity contribution >= 4 is 74.3 Å².